The molecule has 1 aliphatic rings. The second kappa shape index (κ2) is 31.3. The van der Waals surface area contributed by atoms with E-state index in [4.69, 9.17) is 28.5 Å². The van der Waals surface area contributed by atoms with Crippen molar-refractivity contribution in [3.63, 3.8) is 0 Å². The van der Waals surface area contributed by atoms with Gasteiger partial charge in [-0.25, -0.2) is 23.6 Å². The SMILES string of the molecule is Cc1ncsc1-c1ccc(CNC(=O)[C@@H]2C[C@@H](O)CN2C(=O)[C@@H](NC(=O)CCOCCOCCOCCOCCOCCNCCCONC(=O)c2ccc(F)c(F)c2Nc2ccc(I)cc2F)C(C)(C)C)cc1. The van der Waals surface area contributed by atoms with Crippen molar-refractivity contribution in [1.82, 2.24) is 31.3 Å². The van der Waals surface area contributed by atoms with Crippen LogP contribution in [0.1, 0.15) is 61.6 Å². The molecule has 1 aliphatic heterocycles. The number of carbonyl (C=O) groups is 4. The lowest BCUT2D eigenvalue weighted by molar-refractivity contribution is -0.144. The van der Waals surface area contributed by atoms with E-state index in [1.54, 1.807) is 22.9 Å². The third kappa shape index (κ3) is 19.7. The second-order valence-corrected chi connectivity index (χ2v) is 20.3. The lowest BCUT2D eigenvalue weighted by atomic mass is 9.85. The average molecular weight is 1170 g/mol. The minimum Gasteiger partial charge on any atom is -0.391 e. The van der Waals surface area contributed by atoms with E-state index in [2.05, 4.69) is 31.7 Å². The van der Waals surface area contributed by atoms with Gasteiger partial charge in [-0.15, -0.1) is 11.3 Å². The molecule has 0 unspecified atom stereocenters. The first-order valence-electron chi connectivity index (χ1n) is 24.3. The maximum absolute atomic E-state index is 14.6. The van der Waals surface area contributed by atoms with Crippen LogP contribution in [0.4, 0.5) is 24.5 Å². The number of carbonyl (C=O) groups excluding carboxylic acids is 4. The van der Waals surface area contributed by atoms with E-state index in [1.807, 2.05) is 74.6 Å². The molecule has 3 aromatic carbocycles. The number of hydrogen-bond donors (Lipinski definition) is 6. The van der Waals surface area contributed by atoms with Gasteiger partial charge in [0.2, 0.25) is 17.7 Å². The number of nitrogens with one attached hydrogen (secondary N) is 5. The molecule has 0 spiro atoms. The van der Waals surface area contributed by atoms with E-state index in [9.17, 15) is 37.5 Å². The van der Waals surface area contributed by atoms with Gasteiger partial charge in [0.25, 0.3) is 5.91 Å². The molecule has 406 valence electrons. The number of aliphatic hydroxyl groups is 1. The fraction of sp³-hybridized carbons (Fsp3) is 0.510. The van der Waals surface area contributed by atoms with Crippen molar-refractivity contribution in [1.29, 1.82) is 0 Å². The molecule has 18 nitrogen and oxygen atoms in total. The number of aromatic nitrogens is 1. The number of aryl methyl sites for hydroxylation is 1. The number of hydrogen-bond acceptors (Lipinski definition) is 15. The Bertz CT molecular complexity index is 2420. The molecule has 2 heterocycles. The quantitative estimate of drug-likeness (QED) is 0.0193. The van der Waals surface area contributed by atoms with Crippen LogP contribution in [-0.2, 0) is 49.5 Å². The standard InChI is InChI=1S/C51H67F3IN7O11S/c1-33-46(74-32-58-33)35-8-6-34(7-9-35)30-57-49(66)42-29-37(63)31-62(42)50(67)47(51(2,3)4)60-43(64)14-18-68-20-22-70-24-26-72-27-25-71-23-21-69-19-16-56-15-5-17-73-61-48(65)38-11-12-39(52)44(54)45(38)59-41-13-10-36(55)28-40(41)53/h6-13,28,32,37,42,47,56,59,63H,5,14-27,29-31H2,1-4H3,(H,57,66)(H,60,64)(H,61,65)/t37-,42+,47-/m1/s1. The summed E-state index contributed by atoms with van der Waals surface area (Å²) in [6.07, 6.45) is -0.249. The molecule has 1 saturated heterocycles. The van der Waals surface area contributed by atoms with Gasteiger partial charge < -0.3 is 55.0 Å². The van der Waals surface area contributed by atoms with E-state index < -0.39 is 58.6 Å². The van der Waals surface area contributed by atoms with Crippen molar-refractivity contribution < 1.29 is 66.0 Å². The van der Waals surface area contributed by atoms with E-state index in [0.717, 1.165) is 33.8 Å². The van der Waals surface area contributed by atoms with Crippen molar-refractivity contribution in [2.24, 2.45) is 5.41 Å². The maximum Gasteiger partial charge on any atom is 0.277 e. The number of anilines is 2. The van der Waals surface area contributed by atoms with Gasteiger partial charge in [-0.3, -0.25) is 24.0 Å². The Hall–Kier alpha value is -4.83. The molecule has 0 bridgehead atoms. The Morgan fingerprint density at radius 1 is 0.838 bits per heavy atom. The van der Waals surface area contributed by atoms with Crippen LogP contribution in [0.2, 0.25) is 0 Å². The summed E-state index contributed by atoms with van der Waals surface area (Å²) in [6, 6.07) is 12.0. The highest BCUT2D eigenvalue weighted by Gasteiger charge is 2.44. The number of benzene rings is 3. The van der Waals surface area contributed by atoms with Gasteiger partial charge in [0, 0.05) is 36.0 Å². The minimum absolute atomic E-state index is 0.00936. The summed E-state index contributed by atoms with van der Waals surface area (Å²) < 4.78 is 71.3. The van der Waals surface area contributed by atoms with Gasteiger partial charge in [-0.2, -0.15) is 0 Å². The molecule has 0 radical (unpaired) electrons. The maximum atomic E-state index is 14.6. The minimum atomic E-state index is -1.33. The molecule has 74 heavy (non-hydrogen) atoms. The molecule has 4 aromatic rings. The number of β-amino-alcohol motifs (C(OH)–C–C–N with tert-alkyl or cyclic N) is 1. The van der Waals surface area contributed by atoms with Gasteiger partial charge in [0.05, 0.1) is 112 Å². The van der Waals surface area contributed by atoms with Crippen LogP contribution < -0.4 is 26.7 Å². The average Bonchev–Trinajstić information content (AvgIpc) is 3.99. The molecule has 1 fully saturated rings. The molecule has 1 aromatic heterocycles. The number of amides is 4. The zero-order chi connectivity index (χ0) is 53.5. The zero-order valence-electron chi connectivity index (χ0n) is 42.1. The second-order valence-electron chi connectivity index (χ2n) is 18.2. The number of nitrogens with zero attached hydrogens (tertiary/aromatic N) is 2. The third-order valence-electron chi connectivity index (χ3n) is 11.4. The van der Waals surface area contributed by atoms with Crippen LogP contribution >= 0.6 is 33.9 Å². The fourth-order valence-electron chi connectivity index (χ4n) is 7.46. The third-order valence-corrected chi connectivity index (χ3v) is 13.0. The van der Waals surface area contributed by atoms with Crippen molar-refractivity contribution >= 4 is 68.9 Å². The highest BCUT2D eigenvalue weighted by atomic mass is 127. The summed E-state index contributed by atoms with van der Waals surface area (Å²) in [7, 11) is 0. The molecule has 4 amide bonds. The summed E-state index contributed by atoms with van der Waals surface area (Å²) in [6.45, 7) is 12.3. The van der Waals surface area contributed by atoms with E-state index in [1.165, 1.54) is 17.0 Å². The highest BCUT2D eigenvalue weighted by Crippen LogP contribution is 2.30. The first kappa shape index (κ1) is 60.0. The number of ether oxygens (including phenoxy) is 5. The first-order chi connectivity index (χ1) is 35.5. The molecule has 6 N–H and O–H groups in total. The molecule has 0 saturated carbocycles. The van der Waals surface area contributed by atoms with Crippen LogP contribution in [0.25, 0.3) is 10.4 Å². The van der Waals surface area contributed by atoms with Gasteiger partial charge in [0.1, 0.15) is 17.9 Å². The van der Waals surface area contributed by atoms with Crippen molar-refractivity contribution in [3.8, 4) is 10.4 Å². The lowest BCUT2D eigenvalue weighted by Gasteiger charge is -2.35. The topological polar surface area (TPSA) is 220 Å². The van der Waals surface area contributed by atoms with Crippen LogP contribution in [-0.4, -0.2) is 149 Å². The Balaban J connectivity index is 0.821. The smallest absolute Gasteiger partial charge is 0.277 e. The molecular formula is C51H67F3IN7O11S. The van der Waals surface area contributed by atoms with E-state index >= 15 is 0 Å². The monoisotopic (exact) mass is 1170 g/mol. The van der Waals surface area contributed by atoms with Crippen LogP contribution in [0.15, 0.2) is 60.1 Å². The number of rotatable bonds is 32. The predicted molar refractivity (Wildman–Crippen MR) is 280 cm³/mol. The number of halogens is 4. The van der Waals surface area contributed by atoms with Crippen molar-refractivity contribution in [3.05, 3.63) is 98.0 Å². The lowest BCUT2D eigenvalue weighted by Crippen LogP contribution is -2.57. The zero-order valence-corrected chi connectivity index (χ0v) is 45.1. The van der Waals surface area contributed by atoms with Gasteiger partial charge in [0.15, 0.2) is 11.6 Å². The molecule has 3 atom stereocenters. The summed E-state index contributed by atoms with van der Waals surface area (Å²) >= 11 is 3.48. The normalized spacial score (nSPS) is 15.0. The molecular weight excluding hydrogens is 1100 g/mol. The number of aliphatic hydroxyl groups excluding tert-OH is 1. The van der Waals surface area contributed by atoms with Gasteiger partial charge >= 0.3 is 0 Å². The van der Waals surface area contributed by atoms with Crippen molar-refractivity contribution in [2.75, 3.05) is 97.6 Å². The van der Waals surface area contributed by atoms with Crippen molar-refractivity contribution in [2.45, 2.75) is 71.7 Å². The predicted octanol–water partition coefficient (Wildman–Crippen LogP) is 5.81. The molecule has 23 heteroatoms. The number of hydroxylamine groups is 1. The fourth-order valence-corrected chi connectivity index (χ4v) is 8.72. The summed E-state index contributed by atoms with van der Waals surface area (Å²) in [4.78, 5) is 64.9. The Labute approximate surface area is 447 Å². The Morgan fingerprint density at radius 2 is 1.49 bits per heavy atom. The molecule has 0 aliphatic carbocycles. The number of thiazole rings is 1. The Kier molecular flexibility index (Phi) is 25.4. The van der Waals surface area contributed by atoms with Crippen LogP contribution in [0.3, 0.4) is 0 Å². The Morgan fingerprint density at radius 3 is 2.11 bits per heavy atom. The van der Waals surface area contributed by atoms with E-state index in [-0.39, 0.29) is 68.8 Å². The van der Waals surface area contributed by atoms with Gasteiger partial charge in [-0.1, -0.05) is 45.0 Å². The number of likely N-dealkylation sites (tertiary alicyclic amines) is 1. The summed E-state index contributed by atoms with van der Waals surface area (Å²) in [5.74, 6) is -5.25. The summed E-state index contributed by atoms with van der Waals surface area (Å²) in [5.41, 5.74) is 5.30. The van der Waals surface area contributed by atoms with Crippen LogP contribution in [0, 0.1) is 33.4 Å². The highest BCUT2D eigenvalue weighted by molar-refractivity contribution is 14.1. The first-order valence-corrected chi connectivity index (χ1v) is 26.3. The van der Waals surface area contributed by atoms with E-state index in [0.29, 0.717) is 75.9 Å². The largest absolute Gasteiger partial charge is 0.391 e. The van der Waals surface area contributed by atoms with Crippen LogP contribution in [0.5, 0.6) is 0 Å². The molecule has 5 rings (SSSR count). The van der Waals surface area contributed by atoms with Gasteiger partial charge in [-0.05, 0) is 89.4 Å². The summed E-state index contributed by atoms with van der Waals surface area (Å²) in [5, 5.41) is 21.9.